The van der Waals surface area contributed by atoms with Gasteiger partial charge in [-0.2, -0.15) is 0 Å². The van der Waals surface area contributed by atoms with Crippen LogP contribution in [0.1, 0.15) is 30.8 Å². The Balaban J connectivity index is 2.18. The van der Waals surface area contributed by atoms with Crippen LogP contribution in [0.25, 0.3) is 0 Å². The molecule has 3 nitrogen and oxygen atoms in total. The molecule has 0 spiro atoms. The molecule has 2 aromatic rings. The minimum Gasteiger partial charge on any atom is -0.388 e. The fraction of sp³-hybridized carbons (Fsp3) is 0.357. The maximum atomic E-state index is 13.4. The first-order valence-electron chi connectivity index (χ1n) is 6.25. The monoisotopic (exact) mass is 282 g/mol. The van der Waals surface area contributed by atoms with Crippen LogP contribution < -0.4 is 0 Å². The maximum absolute atomic E-state index is 13.4. The van der Waals surface area contributed by atoms with Crippen molar-refractivity contribution >= 4 is 11.6 Å². The second kappa shape index (κ2) is 6.17. The van der Waals surface area contributed by atoms with E-state index in [0.717, 1.165) is 18.8 Å². The van der Waals surface area contributed by atoms with Crippen LogP contribution >= 0.6 is 11.6 Å². The summed E-state index contributed by atoms with van der Waals surface area (Å²) in [7, 11) is 0. The highest BCUT2D eigenvalue weighted by Gasteiger charge is 2.17. The summed E-state index contributed by atoms with van der Waals surface area (Å²) >= 11 is 5.87. The van der Waals surface area contributed by atoms with E-state index < -0.39 is 11.9 Å². The van der Waals surface area contributed by atoms with Crippen LogP contribution in [0.3, 0.4) is 0 Å². The minimum absolute atomic E-state index is 0.0244. The molecular weight excluding hydrogens is 267 g/mol. The first-order chi connectivity index (χ1) is 9.13. The molecule has 0 aliphatic carbocycles. The number of rotatable bonds is 5. The molecule has 0 amide bonds. The molecule has 1 N–H and O–H groups in total. The second-order valence-corrected chi connectivity index (χ2v) is 4.78. The summed E-state index contributed by atoms with van der Waals surface area (Å²) < 4.78 is 15.3. The van der Waals surface area contributed by atoms with Crippen LogP contribution in [-0.2, 0) is 13.0 Å². The van der Waals surface area contributed by atoms with Gasteiger partial charge in [0.25, 0.3) is 0 Å². The van der Waals surface area contributed by atoms with Crippen molar-refractivity contribution in [3.63, 3.8) is 0 Å². The van der Waals surface area contributed by atoms with Crippen LogP contribution in [0.15, 0.2) is 30.6 Å². The van der Waals surface area contributed by atoms with Crippen molar-refractivity contribution in [1.29, 1.82) is 0 Å². The molecule has 1 aromatic heterocycles. The average molecular weight is 283 g/mol. The molecular formula is C14H16ClFN2O. The van der Waals surface area contributed by atoms with Gasteiger partial charge in [0.2, 0.25) is 0 Å². The first-order valence-corrected chi connectivity index (χ1v) is 6.63. The molecule has 1 unspecified atom stereocenters. The lowest BCUT2D eigenvalue weighted by atomic mass is 10.1. The molecule has 1 aromatic carbocycles. The SMILES string of the molecule is CCCn1ccnc1CC(O)c1cccc(F)c1Cl. The minimum atomic E-state index is -0.860. The van der Waals surface area contributed by atoms with E-state index in [1.165, 1.54) is 12.1 Å². The topological polar surface area (TPSA) is 38.0 Å². The van der Waals surface area contributed by atoms with Crippen LogP contribution in [0, 0.1) is 5.82 Å². The van der Waals surface area contributed by atoms with Gasteiger partial charge in [-0.3, -0.25) is 0 Å². The number of aryl methyl sites for hydroxylation is 1. The molecule has 102 valence electrons. The third kappa shape index (κ3) is 3.14. The number of hydrogen-bond acceptors (Lipinski definition) is 2. The van der Waals surface area contributed by atoms with Gasteiger partial charge in [-0.15, -0.1) is 0 Å². The molecule has 0 aliphatic rings. The summed E-state index contributed by atoms with van der Waals surface area (Å²) in [6.07, 6.45) is 4.01. The summed E-state index contributed by atoms with van der Waals surface area (Å²) in [6.45, 7) is 2.92. The molecule has 0 bridgehead atoms. The van der Waals surface area contributed by atoms with Gasteiger partial charge in [0.1, 0.15) is 11.6 Å². The Labute approximate surface area is 116 Å². The van der Waals surface area contributed by atoms with Crippen molar-refractivity contribution in [2.75, 3.05) is 0 Å². The summed E-state index contributed by atoms with van der Waals surface area (Å²) in [4.78, 5) is 4.22. The maximum Gasteiger partial charge on any atom is 0.142 e. The van der Waals surface area contributed by atoms with Gasteiger partial charge in [0, 0.05) is 30.9 Å². The number of benzene rings is 1. The molecule has 5 heteroatoms. The number of aromatic nitrogens is 2. The normalized spacial score (nSPS) is 12.6. The molecule has 0 saturated carbocycles. The molecule has 0 saturated heterocycles. The fourth-order valence-corrected chi connectivity index (χ4v) is 2.29. The van der Waals surface area contributed by atoms with E-state index in [9.17, 15) is 9.50 Å². The van der Waals surface area contributed by atoms with E-state index in [1.54, 1.807) is 12.3 Å². The zero-order valence-electron chi connectivity index (χ0n) is 10.7. The number of imidazole rings is 1. The second-order valence-electron chi connectivity index (χ2n) is 4.40. The van der Waals surface area contributed by atoms with Gasteiger partial charge in [-0.1, -0.05) is 30.7 Å². The quantitative estimate of drug-likeness (QED) is 0.913. The summed E-state index contributed by atoms with van der Waals surface area (Å²) in [5.74, 6) is 0.254. The van der Waals surface area contributed by atoms with Gasteiger partial charge in [0.05, 0.1) is 11.1 Å². The van der Waals surface area contributed by atoms with Gasteiger partial charge >= 0.3 is 0 Å². The van der Waals surface area contributed by atoms with Crippen molar-refractivity contribution in [3.8, 4) is 0 Å². The van der Waals surface area contributed by atoms with Crippen molar-refractivity contribution in [2.45, 2.75) is 32.4 Å². The van der Waals surface area contributed by atoms with E-state index in [-0.39, 0.29) is 5.02 Å². The Morgan fingerprint density at radius 1 is 1.47 bits per heavy atom. The largest absolute Gasteiger partial charge is 0.388 e. The molecule has 2 rings (SSSR count). The third-order valence-corrected chi connectivity index (χ3v) is 3.38. The number of nitrogens with zero attached hydrogens (tertiary/aromatic N) is 2. The Morgan fingerprint density at radius 3 is 3.00 bits per heavy atom. The Kier molecular flexibility index (Phi) is 4.56. The predicted octanol–water partition coefficient (Wildman–Crippen LogP) is 3.36. The average Bonchev–Trinajstić information content (AvgIpc) is 2.80. The Morgan fingerprint density at radius 2 is 2.26 bits per heavy atom. The molecule has 1 heterocycles. The lowest BCUT2D eigenvalue weighted by Crippen LogP contribution is -2.09. The third-order valence-electron chi connectivity index (χ3n) is 2.98. The summed E-state index contributed by atoms with van der Waals surface area (Å²) in [5, 5.41) is 10.2. The molecule has 0 radical (unpaired) electrons. The summed E-state index contributed by atoms with van der Waals surface area (Å²) in [6, 6.07) is 4.44. The van der Waals surface area contributed by atoms with Gasteiger partial charge in [0.15, 0.2) is 0 Å². The number of aliphatic hydroxyl groups is 1. The molecule has 0 aliphatic heterocycles. The number of aliphatic hydroxyl groups excluding tert-OH is 1. The lowest BCUT2D eigenvalue weighted by Gasteiger charge is -2.14. The Bertz CT molecular complexity index is 556. The first kappa shape index (κ1) is 14.0. The van der Waals surface area contributed by atoms with Crippen molar-refractivity contribution in [3.05, 3.63) is 52.8 Å². The van der Waals surface area contributed by atoms with Gasteiger partial charge < -0.3 is 9.67 Å². The van der Waals surface area contributed by atoms with Gasteiger partial charge in [-0.25, -0.2) is 9.37 Å². The van der Waals surface area contributed by atoms with Gasteiger partial charge in [-0.05, 0) is 12.5 Å². The van der Waals surface area contributed by atoms with E-state index >= 15 is 0 Å². The number of hydrogen-bond donors (Lipinski definition) is 1. The Hall–Kier alpha value is -1.39. The highest BCUT2D eigenvalue weighted by Crippen LogP contribution is 2.27. The van der Waals surface area contributed by atoms with Crippen LogP contribution in [0.5, 0.6) is 0 Å². The van der Waals surface area contributed by atoms with Crippen molar-refractivity contribution in [1.82, 2.24) is 9.55 Å². The highest BCUT2D eigenvalue weighted by molar-refractivity contribution is 6.31. The van der Waals surface area contributed by atoms with E-state index in [2.05, 4.69) is 11.9 Å². The smallest absolute Gasteiger partial charge is 0.142 e. The standard InChI is InChI=1S/C14H16ClFN2O/c1-2-7-18-8-6-17-13(18)9-12(19)10-4-3-5-11(16)14(10)15/h3-6,8,12,19H,2,7,9H2,1H3. The highest BCUT2D eigenvalue weighted by atomic mass is 35.5. The zero-order valence-corrected chi connectivity index (χ0v) is 11.4. The van der Waals surface area contributed by atoms with E-state index in [0.29, 0.717) is 12.0 Å². The van der Waals surface area contributed by atoms with Crippen LogP contribution in [0.4, 0.5) is 4.39 Å². The molecule has 0 fully saturated rings. The van der Waals surface area contributed by atoms with Crippen molar-refractivity contribution in [2.24, 2.45) is 0 Å². The predicted molar refractivity (Wildman–Crippen MR) is 72.6 cm³/mol. The van der Waals surface area contributed by atoms with E-state index in [4.69, 9.17) is 11.6 Å². The van der Waals surface area contributed by atoms with Crippen molar-refractivity contribution < 1.29 is 9.50 Å². The molecule has 19 heavy (non-hydrogen) atoms. The number of halogens is 2. The van der Waals surface area contributed by atoms with Crippen LogP contribution in [-0.4, -0.2) is 14.7 Å². The molecule has 1 atom stereocenters. The van der Waals surface area contributed by atoms with E-state index in [1.807, 2.05) is 10.8 Å². The lowest BCUT2D eigenvalue weighted by molar-refractivity contribution is 0.174. The van der Waals surface area contributed by atoms with Crippen LogP contribution in [0.2, 0.25) is 5.02 Å². The summed E-state index contributed by atoms with van der Waals surface area (Å²) in [5.41, 5.74) is 0.396. The fourth-order valence-electron chi connectivity index (χ4n) is 2.04. The zero-order chi connectivity index (χ0) is 13.8.